The summed E-state index contributed by atoms with van der Waals surface area (Å²) in [5.74, 6) is 0.859. The molecule has 0 radical (unpaired) electrons. The van der Waals surface area contributed by atoms with Crippen LogP contribution in [0.15, 0.2) is 11.2 Å². The smallest absolute Gasteiger partial charge is 0.230 e. The number of carbonyl (C=O) groups excluding carboxylic acids is 1. The summed E-state index contributed by atoms with van der Waals surface area (Å²) in [4.78, 5) is 19.4. The van der Waals surface area contributed by atoms with Gasteiger partial charge in [0.05, 0.1) is 5.75 Å². The molecule has 1 heterocycles. The van der Waals surface area contributed by atoms with Crippen LogP contribution in [-0.4, -0.2) is 28.2 Å². The number of hydrogen-bond acceptors (Lipinski definition) is 6. The van der Waals surface area contributed by atoms with Gasteiger partial charge in [-0.05, 0) is 6.42 Å². The van der Waals surface area contributed by atoms with E-state index < -0.39 is 0 Å². The molecule has 0 fully saturated rings. The van der Waals surface area contributed by atoms with Crippen molar-refractivity contribution in [1.29, 1.82) is 0 Å². The van der Waals surface area contributed by atoms with Gasteiger partial charge in [-0.3, -0.25) is 4.79 Å². The van der Waals surface area contributed by atoms with E-state index in [0.29, 0.717) is 23.3 Å². The van der Waals surface area contributed by atoms with Crippen molar-refractivity contribution >= 4 is 29.3 Å². The van der Waals surface area contributed by atoms with Gasteiger partial charge in [-0.15, -0.1) is 0 Å². The van der Waals surface area contributed by atoms with E-state index >= 15 is 0 Å². The maximum atomic E-state index is 11.4. The number of nitrogens with two attached hydrogens (primary N) is 2. The lowest BCUT2D eigenvalue weighted by Crippen LogP contribution is -2.26. The number of amides is 1. The molecule has 1 aromatic heterocycles. The van der Waals surface area contributed by atoms with Crippen molar-refractivity contribution in [1.82, 2.24) is 15.3 Å². The van der Waals surface area contributed by atoms with Crippen molar-refractivity contribution in [2.45, 2.75) is 24.9 Å². The van der Waals surface area contributed by atoms with Crippen LogP contribution in [0.5, 0.6) is 0 Å². The highest BCUT2D eigenvalue weighted by molar-refractivity contribution is 7.99. The molecule has 5 N–H and O–H groups in total. The quantitative estimate of drug-likeness (QED) is 0.391. The molecule has 1 rings (SSSR count). The second kappa shape index (κ2) is 6.95. The first-order valence-corrected chi connectivity index (χ1v) is 6.40. The van der Waals surface area contributed by atoms with Crippen molar-refractivity contribution in [3.8, 4) is 0 Å². The van der Waals surface area contributed by atoms with Crippen molar-refractivity contribution in [3.05, 3.63) is 6.07 Å². The summed E-state index contributed by atoms with van der Waals surface area (Å²) in [6.45, 7) is 2.78. The summed E-state index contributed by atoms with van der Waals surface area (Å²) in [5.41, 5.74) is 11.0. The average Bonchev–Trinajstić information content (AvgIpc) is 2.25. The number of thioether (sulfide) groups is 1. The first kappa shape index (κ1) is 13.6. The molecule has 94 valence electrons. The van der Waals surface area contributed by atoms with Crippen LogP contribution in [0.25, 0.3) is 0 Å². The Balaban J connectivity index is 2.36. The molecule has 0 aliphatic rings. The lowest BCUT2D eigenvalue weighted by molar-refractivity contribution is -0.118. The van der Waals surface area contributed by atoms with Crippen LogP contribution in [0.1, 0.15) is 19.8 Å². The largest absolute Gasteiger partial charge is 0.383 e. The van der Waals surface area contributed by atoms with Crippen molar-refractivity contribution in [2.75, 3.05) is 23.8 Å². The summed E-state index contributed by atoms with van der Waals surface area (Å²) in [5, 5.41) is 3.23. The minimum atomic E-state index is -0.0342. The lowest BCUT2D eigenvalue weighted by Gasteiger charge is -2.04. The Hall–Kier alpha value is -1.50. The monoisotopic (exact) mass is 255 g/mol. The van der Waals surface area contributed by atoms with Crippen molar-refractivity contribution in [2.24, 2.45) is 0 Å². The fraction of sp³-hybridized carbons (Fsp3) is 0.500. The molecule has 0 aromatic carbocycles. The molecule has 0 spiro atoms. The predicted molar refractivity (Wildman–Crippen MR) is 69.5 cm³/mol. The molecular weight excluding hydrogens is 238 g/mol. The maximum absolute atomic E-state index is 11.4. The molecule has 0 unspecified atom stereocenters. The van der Waals surface area contributed by atoms with Crippen molar-refractivity contribution in [3.63, 3.8) is 0 Å². The van der Waals surface area contributed by atoms with E-state index in [9.17, 15) is 4.79 Å². The maximum Gasteiger partial charge on any atom is 0.230 e. The van der Waals surface area contributed by atoms with E-state index in [4.69, 9.17) is 11.5 Å². The number of unbranched alkanes of at least 4 members (excludes halogenated alkanes) is 1. The second-order valence-corrected chi connectivity index (χ2v) is 4.43. The first-order chi connectivity index (χ1) is 8.11. The Morgan fingerprint density at radius 3 is 2.65 bits per heavy atom. The number of nitrogens with zero attached hydrogens (tertiary/aromatic N) is 2. The second-order valence-electron chi connectivity index (χ2n) is 3.49. The first-order valence-electron chi connectivity index (χ1n) is 5.41. The number of hydrogen-bond donors (Lipinski definition) is 3. The highest BCUT2D eigenvalue weighted by Crippen LogP contribution is 2.15. The SMILES string of the molecule is CCCCNC(=O)CSc1nc(N)cc(N)n1. The number of nitrogens with one attached hydrogen (secondary N) is 1. The van der Waals surface area contributed by atoms with Crippen LogP contribution in [0.4, 0.5) is 11.6 Å². The fourth-order valence-corrected chi connectivity index (χ4v) is 1.81. The van der Waals surface area contributed by atoms with E-state index in [1.807, 2.05) is 0 Å². The van der Waals surface area contributed by atoms with Gasteiger partial charge in [0.15, 0.2) is 5.16 Å². The summed E-state index contributed by atoms with van der Waals surface area (Å²) in [6, 6.07) is 1.48. The van der Waals surface area contributed by atoms with Gasteiger partial charge < -0.3 is 16.8 Å². The van der Waals surface area contributed by atoms with Gasteiger partial charge in [-0.2, -0.15) is 0 Å². The molecule has 0 aliphatic carbocycles. The van der Waals surface area contributed by atoms with Crippen LogP contribution >= 0.6 is 11.8 Å². The number of rotatable bonds is 6. The highest BCUT2D eigenvalue weighted by atomic mass is 32.2. The van der Waals surface area contributed by atoms with Crippen LogP contribution in [0.3, 0.4) is 0 Å². The third-order valence-electron chi connectivity index (χ3n) is 1.93. The summed E-state index contributed by atoms with van der Waals surface area (Å²) < 4.78 is 0. The third-order valence-corrected chi connectivity index (χ3v) is 2.78. The summed E-state index contributed by atoms with van der Waals surface area (Å²) >= 11 is 1.22. The zero-order valence-electron chi connectivity index (χ0n) is 9.77. The molecule has 0 saturated heterocycles. The van der Waals surface area contributed by atoms with E-state index in [1.165, 1.54) is 17.8 Å². The van der Waals surface area contributed by atoms with Gasteiger partial charge in [0.25, 0.3) is 0 Å². The van der Waals surface area contributed by atoms with Gasteiger partial charge >= 0.3 is 0 Å². The van der Waals surface area contributed by atoms with Gasteiger partial charge in [-0.25, -0.2) is 9.97 Å². The Morgan fingerprint density at radius 2 is 2.06 bits per heavy atom. The molecule has 6 nitrogen and oxygen atoms in total. The molecule has 0 atom stereocenters. The number of anilines is 2. The standard InChI is InChI=1S/C10H17N5OS/c1-2-3-4-13-9(16)6-17-10-14-7(11)5-8(12)15-10/h5H,2-4,6H2,1H3,(H,13,16)(H4,11,12,14,15). The highest BCUT2D eigenvalue weighted by Gasteiger charge is 2.05. The van der Waals surface area contributed by atoms with Crippen molar-refractivity contribution < 1.29 is 4.79 Å². The zero-order chi connectivity index (χ0) is 12.7. The lowest BCUT2D eigenvalue weighted by atomic mass is 10.3. The minimum Gasteiger partial charge on any atom is -0.383 e. The molecule has 0 aliphatic heterocycles. The number of aromatic nitrogens is 2. The molecule has 1 amide bonds. The molecule has 0 bridgehead atoms. The topological polar surface area (TPSA) is 107 Å². The number of nitrogen functional groups attached to an aromatic ring is 2. The van der Waals surface area contributed by atoms with Crippen LogP contribution in [0.2, 0.25) is 0 Å². The molecule has 17 heavy (non-hydrogen) atoms. The van der Waals surface area contributed by atoms with E-state index in [2.05, 4.69) is 22.2 Å². The average molecular weight is 255 g/mol. The third kappa shape index (κ3) is 5.39. The Bertz CT molecular complexity index is 365. The normalized spacial score (nSPS) is 10.2. The van der Waals surface area contributed by atoms with Gasteiger partial charge in [0.1, 0.15) is 11.6 Å². The molecular formula is C10H17N5OS. The van der Waals surface area contributed by atoms with E-state index in [1.54, 1.807) is 0 Å². The van der Waals surface area contributed by atoms with Crippen LogP contribution < -0.4 is 16.8 Å². The van der Waals surface area contributed by atoms with Crippen LogP contribution in [-0.2, 0) is 4.79 Å². The Morgan fingerprint density at radius 1 is 1.41 bits per heavy atom. The summed E-state index contributed by atoms with van der Waals surface area (Å²) in [7, 11) is 0. The fourth-order valence-electron chi connectivity index (χ4n) is 1.11. The molecule has 0 saturated carbocycles. The summed E-state index contributed by atoms with van der Waals surface area (Å²) in [6.07, 6.45) is 2.04. The van der Waals surface area contributed by atoms with E-state index in [-0.39, 0.29) is 11.7 Å². The Kier molecular flexibility index (Phi) is 5.55. The minimum absolute atomic E-state index is 0.0342. The Labute approximate surface area is 105 Å². The van der Waals surface area contributed by atoms with Gasteiger partial charge in [0, 0.05) is 12.6 Å². The predicted octanol–water partition coefficient (Wildman–Crippen LogP) is 0.649. The van der Waals surface area contributed by atoms with Gasteiger partial charge in [0.2, 0.25) is 5.91 Å². The molecule has 1 aromatic rings. The van der Waals surface area contributed by atoms with Crippen LogP contribution in [0, 0.1) is 0 Å². The number of carbonyl (C=O) groups is 1. The zero-order valence-corrected chi connectivity index (χ0v) is 10.6. The van der Waals surface area contributed by atoms with E-state index in [0.717, 1.165) is 12.8 Å². The van der Waals surface area contributed by atoms with Gasteiger partial charge in [-0.1, -0.05) is 25.1 Å². The molecule has 7 heteroatoms.